The second-order valence-electron chi connectivity index (χ2n) is 5.87. The summed E-state index contributed by atoms with van der Waals surface area (Å²) in [7, 11) is 0. The molecule has 2 N–H and O–H groups in total. The summed E-state index contributed by atoms with van der Waals surface area (Å²) in [5, 5.41) is 5.72. The number of rotatable bonds is 4. The van der Waals surface area contributed by atoms with E-state index < -0.39 is 5.25 Å². The van der Waals surface area contributed by atoms with Crippen LogP contribution in [0, 0.1) is 13.8 Å². The molecule has 1 aliphatic rings. The van der Waals surface area contributed by atoms with E-state index in [2.05, 4.69) is 15.6 Å². The predicted molar refractivity (Wildman–Crippen MR) is 102 cm³/mol. The van der Waals surface area contributed by atoms with Gasteiger partial charge in [-0.3, -0.25) is 9.59 Å². The van der Waals surface area contributed by atoms with E-state index >= 15 is 0 Å². The van der Waals surface area contributed by atoms with E-state index in [0.717, 1.165) is 22.5 Å². The minimum atomic E-state index is -0.466. The number of amides is 2. The van der Waals surface area contributed by atoms with Gasteiger partial charge in [-0.2, -0.15) is 0 Å². The number of thioether (sulfide) groups is 1. The quantitative estimate of drug-likeness (QED) is 0.883. The molecule has 1 atom stereocenters. The van der Waals surface area contributed by atoms with Crippen molar-refractivity contribution < 1.29 is 9.59 Å². The number of para-hydroxylation sites is 2. The molecule has 25 heavy (non-hydrogen) atoms. The molecule has 2 amide bonds. The molecule has 1 unspecified atom stereocenters. The van der Waals surface area contributed by atoms with Crippen LogP contribution in [0.1, 0.15) is 17.5 Å². The number of nitrogens with zero attached hydrogens (tertiary/aromatic N) is 1. The Hall–Kier alpha value is -2.60. The van der Waals surface area contributed by atoms with Crippen molar-refractivity contribution in [2.24, 2.45) is 4.99 Å². The first kappa shape index (κ1) is 17.2. The highest BCUT2D eigenvalue weighted by Crippen LogP contribution is 2.26. The topological polar surface area (TPSA) is 70.6 Å². The molecule has 3 rings (SSSR count). The highest BCUT2D eigenvalue weighted by molar-refractivity contribution is 8.15. The Kier molecular flexibility index (Phi) is 5.19. The Morgan fingerprint density at radius 2 is 1.80 bits per heavy atom. The maximum atomic E-state index is 12.3. The van der Waals surface area contributed by atoms with Crippen LogP contribution in [0.3, 0.4) is 0 Å². The maximum Gasteiger partial charge on any atom is 0.240 e. The molecule has 6 heteroatoms. The highest BCUT2D eigenvalue weighted by Gasteiger charge is 2.32. The van der Waals surface area contributed by atoms with Crippen molar-refractivity contribution in [2.75, 3.05) is 5.32 Å². The zero-order valence-electron chi connectivity index (χ0n) is 14.1. The van der Waals surface area contributed by atoms with Gasteiger partial charge in [0.05, 0.1) is 5.69 Å². The second-order valence-corrected chi connectivity index (χ2v) is 7.06. The number of carbonyl (C=O) groups excluding carboxylic acids is 2. The van der Waals surface area contributed by atoms with Gasteiger partial charge in [-0.1, -0.05) is 48.2 Å². The van der Waals surface area contributed by atoms with Gasteiger partial charge in [-0.15, -0.1) is 0 Å². The van der Waals surface area contributed by atoms with E-state index in [1.165, 1.54) is 11.8 Å². The van der Waals surface area contributed by atoms with Crippen LogP contribution in [0.25, 0.3) is 0 Å². The van der Waals surface area contributed by atoms with Crippen molar-refractivity contribution in [1.29, 1.82) is 0 Å². The zero-order valence-corrected chi connectivity index (χ0v) is 14.9. The van der Waals surface area contributed by atoms with E-state index in [4.69, 9.17) is 0 Å². The van der Waals surface area contributed by atoms with Crippen molar-refractivity contribution >= 4 is 40.1 Å². The SMILES string of the molecule is Cc1cccc(C)c1NC(=O)CC1SC(=Nc2ccccc2)NC1=O. The summed E-state index contributed by atoms with van der Waals surface area (Å²) in [4.78, 5) is 28.8. The summed E-state index contributed by atoms with van der Waals surface area (Å²) in [5.41, 5.74) is 3.59. The van der Waals surface area contributed by atoms with Gasteiger partial charge in [-0.05, 0) is 37.1 Å². The van der Waals surface area contributed by atoms with Gasteiger partial charge in [0.1, 0.15) is 5.25 Å². The Labute approximate surface area is 150 Å². The number of anilines is 1. The van der Waals surface area contributed by atoms with Crippen LogP contribution in [-0.2, 0) is 9.59 Å². The predicted octanol–water partition coefficient (Wildman–Crippen LogP) is 3.55. The number of carbonyl (C=O) groups is 2. The zero-order chi connectivity index (χ0) is 17.8. The standard InChI is InChI=1S/C19H19N3O2S/c1-12-7-6-8-13(2)17(12)21-16(23)11-15-18(24)22-19(25-15)20-14-9-4-3-5-10-14/h3-10,15H,11H2,1-2H3,(H,21,23)(H,20,22,24). The fourth-order valence-electron chi connectivity index (χ4n) is 2.58. The number of nitrogens with one attached hydrogen (secondary N) is 2. The van der Waals surface area contributed by atoms with Crippen molar-refractivity contribution in [3.8, 4) is 0 Å². The van der Waals surface area contributed by atoms with Crippen molar-refractivity contribution in [3.63, 3.8) is 0 Å². The molecule has 1 heterocycles. The Morgan fingerprint density at radius 1 is 1.12 bits per heavy atom. The van der Waals surface area contributed by atoms with Crippen LogP contribution in [0.4, 0.5) is 11.4 Å². The van der Waals surface area contributed by atoms with E-state index in [1.807, 2.05) is 62.4 Å². The molecule has 0 spiro atoms. The molecule has 0 radical (unpaired) electrons. The van der Waals surface area contributed by atoms with Crippen molar-refractivity contribution in [3.05, 3.63) is 59.7 Å². The fourth-order valence-corrected chi connectivity index (χ4v) is 3.57. The molecule has 0 aromatic heterocycles. The molecule has 1 fully saturated rings. The summed E-state index contributed by atoms with van der Waals surface area (Å²) in [5.74, 6) is -0.359. The third kappa shape index (κ3) is 4.28. The van der Waals surface area contributed by atoms with Crippen LogP contribution in [0.2, 0.25) is 0 Å². The molecule has 1 aliphatic heterocycles. The lowest BCUT2D eigenvalue weighted by Crippen LogP contribution is -2.28. The second kappa shape index (κ2) is 7.53. The molecule has 1 saturated heterocycles. The normalized spacial score (nSPS) is 18.2. The monoisotopic (exact) mass is 353 g/mol. The van der Waals surface area contributed by atoms with Crippen LogP contribution >= 0.6 is 11.8 Å². The number of aryl methyl sites for hydroxylation is 2. The largest absolute Gasteiger partial charge is 0.326 e. The molecular formula is C19H19N3O2S. The van der Waals surface area contributed by atoms with Crippen LogP contribution in [-0.4, -0.2) is 22.2 Å². The summed E-state index contributed by atoms with van der Waals surface area (Å²) in [6.45, 7) is 3.90. The molecule has 0 bridgehead atoms. The average molecular weight is 353 g/mol. The number of amidine groups is 1. The number of hydrogen-bond acceptors (Lipinski definition) is 4. The van der Waals surface area contributed by atoms with Crippen LogP contribution in [0.5, 0.6) is 0 Å². The third-order valence-corrected chi connectivity index (χ3v) is 4.96. The number of aliphatic imine (C=N–C) groups is 1. The van der Waals surface area contributed by atoms with Gasteiger partial charge in [-0.25, -0.2) is 4.99 Å². The van der Waals surface area contributed by atoms with E-state index in [9.17, 15) is 9.59 Å². The van der Waals surface area contributed by atoms with Crippen molar-refractivity contribution in [1.82, 2.24) is 5.32 Å². The summed E-state index contributed by atoms with van der Waals surface area (Å²) < 4.78 is 0. The summed E-state index contributed by atoms with van der Waals surface area (Å²) >= 11 is 1.29. The number of benzene rings is 2. The van der Waals surface area contributed by atoms with E-state index in [-0.39, 0.29) is 18.2 Å². The Bertz CT molecular complexity index is 814. The van der Waals surface area contributed by atoms with Gasteiger partial charge in [0, 0.05) is 12.1 Å². The first-order chi connectivity index (χ1) is 12.0. The summed E-state index contributed by atoms with van der Waals surface area (Å²) in [6.07, 6.45) is 0.109. The van der Waals surface area contributed by atoms with E-state index in [1.54, 1.807) is 0 Å². The van der Waals surface area contributed by atoms with Crippen LogP contribution in [0.15, 0.2) is 53.5 Å². The molecule has 5 nitrogen and oxygen atoms in total. The fraction of sp³-hybridized carbons (Fsp3) is 0.211. The van der Waals surface area contributed by atoms with Gasteiger partial charge >= 0.3 is 0 Å². The molecule has 0 aliphatic carbocycles. The van der Waals surface area contributed by atoms with E-state index in [0.29, 0.717) is 5.17 Å². The lowest BCUT2D eigenvalue weighted by atomic mass is 10.1. The molecule has 0 saturated carbocycles. The van der Waals surface area contributed by atoms with Gasteiger partial charge in [0.2, 0.25) is 11.8 Å². The Balaban J connectivity index is 1.64. The third-order valence-electron chi connectivity index (χ3n) is 3.88. The van der Waals surface area contributed by atoms with Gasteiger partial charge < -0.3 is 10.6 Å². The minimum Gasteiger partial charge on any atom is -0.326 e. The molecule has 2 aromatic carbocycles. The minimum absolute atomic E-state index is 0.109. The van der Waals surface area contributed by atoms with Crippen LogP contribution < -0.4 is 10.6 Å². The molecule has 128 valence electrons. The Morgan fingerprint density at radius 3 is 2.48 bits per heavy atom. The lowest BCUT2D eigenvalue weighted by Gasteiger charge is -2.12. The summed E-state index contributed by atoms with van der Waals surface area (Å²) in [6, 6.07) is 15.3. The molecular weight excluding hydrogens is 334 g/mol. The molecule has 2 aromatic rings. The number of hydrogen-bond donors (Lipinski definition) is 2. The van der Waals surface area contributed by atoms with Gasteiger partial charge in [0.25, 0.3) is 0 Å². The first-order valence-corrected chi connectivity index (χ1v) is 8.88. The first-order valence-electron chi connectivity index (χ1n) is 8.00. The van der Waals surface area contributed by atoms with Crippen molar-refractivity contribution in [2.45, 2.75) is 25.5 Å². The smallest absolute Gasteiger partial charge is 0.240 e. The average Bonchev–Trinajstić information content (AvgIpc) is 2.91. The maximum absolute atomic E-state index is 12.3. The van der Waals surface area contributed by atoms with Gasteiger partial charge in [0.15, 0.2) is 5.17 Å². The highest BCUT2D eigenvalue weighted by atomic mass is 32.2. The lowest BCUT2D eigenvalue weighted by molar-refractivity contribution is -0.122.